The molecule has 0 N–H and O–H groups in total. The van der Waals surface area contributed by atoms with E-state index in [2.05, 4.69) is 46.0 Å². The van der Waals surface area contributed by atoms with Crippen LogP contribution in [-0.2, 0) is 6.42 Å². The van der Waals surface area contributed by atoms with Gasteiger partial charge in [-0.1, -0.05) is 31.0 Å². The molecule has 0 fully saturated rings. The fourth-order valence-corrected chi connectivity index (χ4v) is 2.29. The normalized spacial score (nSPS) is 10.9. The second-order valence-electron chi connectivity index (χ2n) is 3.88. The van der Waals surface area contributed by atoms with Gasteiger partial charge in [-0.3, -0.25) is 4.98 Å². The molecule has 0 aliphatic carbocycles. The molecule has 0 aliphatic heterocycles. The summed E-state index contributed by atoms with van der Waals surface area (Å²) in [4.78, 5) is 4.30. The van der Waals surface area contributed by atoms with Gasteiger partial charge >= 0.3 is 0 Å². The Morgan fingerprint density at radius 1 is 1.38 bits per heavy atom. The van der Waals surface area contributed by atoms with Gasteiger partial charge in [-0.2, -0.15) is 0 Å². The van der Waals surface area contributed by atoms with Crippen molar-refractivity contribution >= 4 is 38.4 Å². The van der Waals surface area contributed by atoms with Crippen molar-refractivity contribution in [3.63, 3.8) is 0 Å². The summed E-state index contributed by atoms with van der Waals surface area (Å²) >= 11 is 9.55. The first-order valence-corrected chi connectivity index (χ1v) is 6.62. The van der Waals surface area contributed by atoms with Crippen LogP contribution in [0.4, 0.5) is 0 Å². The summed E-state index contributed by atoms with van der Waals surface area (Å²) in [5.74, 6) is 0. The largest absolute Gasteiger partial charge is 0.255 e. The number of benzene rings is 1. The third-order valence-corrected chi connectivity index (χ3v) is 4.01. The summed E-state index contributed by atoms with van der Waals surface area (Å²) < 4.78 is 0.942. The predicted octanol–water partition coefficient (Wildman–Crippen LogP) is 4.99. The molecule has 0 saturated carbocycles. The first-order chi connectivity index (χ1) is 7.72. The van der Waals surface area contributed by atoms with E-state index in [4.69, 9.17) is 11.6 Å². The van der Waals surface area contributed by atoms with Crippen molar-refractivity contribution in [3.05, 3.63) is 39.5 Å². The Balaban J connectivity index is 2.47. The molecule has 0 atom stereocenters. The second kappa shape index (κ2) is 5.15. The van der Waals surface area contributed by atoms with Crippen LogP contribution >= 0.6 is 27.5 Å². The van der Waals surface area contributed by atoms with Crippen LogP contribution < -0.4 is 0 Å². The molecule has 0 unspecified atom stereocenters. The van der Waals surface area contributed by atoms with Gasteiger partial charge < -0.3 is 0 Å². The van der Waals surface area contributed by atoms with Gasteiger partial charge in [0.1, 0.15) is 0 Å². The smallest absolute Gasteiger partial charge is 0.0737 e. The lowest BCUT2D eigenvalue weighted by molar-refractivity contribution is 0.796. The summed E-state index contributed by atoms with van der Waals surface area (Å²) in [6, 6.07) is 6.38. The number of aromatic nitrogens is 1. The van der Waals surface area contributed by atoms with Crippen molar-refractivity contribution in [1.29, 1.82) is 0 Å². The molecule has 2 rings (SSSR count). The van der Waals surface area contributed by atoms with E-state index in [1.807, 2.05) is 0 Å². The molecular formula is C13H13BrClN. The molecular weight excluding hydrogens is 286 g/mol. The standard InChI is InChI=1S/C13H13BrClN/c1-2-3-4-9-5-6-12-10(7-9)13(14)11(15)8-16-12/h5-8H,2-4H2,1H3. The van der Waals surface area contributed by atoms with Gasteiger partial charge in [-0.05, 0) is 46.5 Å². The molecule has 1 heterocycles. The molecule has 0 amide bonds. The molecule has 0 aliphatic rings. The van der Waals surface area contributed by atoms with Gasteiger partial charge in [0.25, 0.3) is 0 Å². The predicted molar refractivity (Wildman–Crippen MR) is 73.1 cm³/mol. The zero-order chi connectivity index (χ0) is 11.5. The number of nitrogens with zero attached hydrogens (tertiary/aromatic N) is 1. The molecule has 1 aromatic heterocycles. The van der Waals surface area contributed by atoms with Crippen LogP contribution in [0.2, 0.25) is 5.02 Å². The topological polar surface area (TPSA) is 12.9 Å². The molecule has 3 heteroatoms. The van der Waals surface area contributed by atoms with Crippen LogP contribution in [0.3, 0.4) is 0 Å². The Morgan fingerprint density at radius 2 is 2.19 bits per heavy atom. The van der Waals surface area contributed by atoms with Crippen LogP contribution in [0, 0.1) is 0 Å². The summed E-state index contributed by atoms with van der Waals surface area (Å²) in [7, 11) is 0. The third kappa shape index (κ3) is 2.38. The highest BCUT2D eigenvalue weighted by atomic mass is 79.9. The van der Waals surface area contributed by atoms with Gasteiger partial charge in [0.15, 0.2) is 0 Å². The minimum atomic E-state index is 0.667. The maximum absolute atomic E-state index is 6.03. The molecule has 0 radical (unpaired) electrons. The SMILES string of the molecule is CCCCc1ccc2ncc(Cl)c(Br)c2c1. The highest BCUT2D eigenvalue weighted by molar-refractivity contribution is 9.10. The Morgan fingerprint density at radius 3 is 2.94 bits per heavy atom. The lowest BCUT2D eigenvalue weighted by Crippen LogP contribution is -1.87. The molecule has 0 saturated heterocycles. The van der Waals surface area contributed by atoms with Crippen molar-refractivity contribution in [2.24, 2.45) is 0 Å². The minimum Gasteiger partial charge on any atom is -0.255 e. The highest BCUT2D eigenvalue weighted by Crippen LogP contribution is 2.30. The lowest BCUT2D eigenvalue weighted by atomic mass is 10.1. The van der Waals surface area contributed by atoms with Crippen LogP contribution in [-0.4, -0.2) is 4.98 Å². The summed E-state index contributed by atoms with van der Waals surface area (Å²) in [5.41, 5.74) is 2.33. The average Bonchev–Trinajstić information content (AvgIpc) is 2.31. The Labute approximate surface area is 109 Å². The van der Waals surface area contributed by atoms with Crippen molar-refractivity contribution in [3.8, 4) is 0 Å². The number of fused-ring (bicyclic) bond motifs is 1. The maximum atomic E-state index is 6.03. The van der Waals surface area contributed by atoms with E-state index < -0.39 is 0 Å². The van der Waals surface area contributed by atoms with Crippen LogP contribution in [0.15, 0.2) is 28.9 Å². The van der Waals surface area contributed by atoms with Gasteiger partial charge in [0.05, 0.1) is 10.5 Å². The lowest BCUT2D eigenvalue weighted by Gasteiger charge is -2.05. The van der Waals surface area contributed by atoms with Crippen LogP contribution in [0.25, 0.3) is 10.9 Å². The average molecular weight is 299 g/mol. The summed E-state index contributed by atoms with van der Waals surface area (Å²) in [6.07, 6.45) is 5.23. The van der Waals surface area contributed by atoms with Crippen molar-refractivity contribution in [2.75, 3.05) is 0 Å². The van der Waals surface area contributed by atoms with Crippen LogP contribution in [0.1, 0.15) is 25.3 Å². The van der Waals surface area contributed by atoms with E-state index in [-0.39, 0.29) is 0 Å². The maximum Gasteiger partial charge on any atom is 0.0737 e. The number of aryl methyl sites for hydroxylation is 1. The monoisotopic (exact) mass is 297 g/mol. The van der Waals surface area contributed by atoms with E-state index in [9.17, 15) is 0 Å². The molecule has 0 bridgehead atoms. The molecule has 1 aromatic carbocycles. The number of unbranched alkanes of at least 4 members (excludes halogenated alkanes) is 1. The molecule has 84 valence electrons. The molecule has 1 nitrogen and oxygen atoms in total. The van der Waals surface area contributed by atoms with Crippen LogP contribution in [0.5, 0.6) is 0 Å². The zero-order valence-electron chi connectivity index (χ0n) is 9.13. The van der Waals surface area contributed by atoms with E-state index >= 15 is 0 Å². The first kappa shape index (κ1) is 11.9. The zero-order valence-corrected chi connectivity index (χ0v) is 11.5. The number of halogens is 2. The Bertz CT molecular complexity index is 511. The first-order valence-electron chi connectivity index (χ1n) is 5.45. The van der Waals surface area contributed by atoms with Crippen molar-refractivity contribution < 1.29 is 0 Å². The van der Waals surface area contributed by atoms with E-state index in [0.717, 1.165) is 21.8 Å². The fraction of sp³-hybridized carbons (Fsp3) is 0.308. The number of hydrogen-bond acceptors (Lipinski definition) is 1. The van der Waals surface area contributed by atoms with E-state index in [1.54, 1.807) is 6.20 Å². The quantitative estimate of drug-likeness (QED) is 0.777. The van der Waals surface area contributed by atoms with Gasteiger partial charge in [-0.25, -0.2) is 0 Å². The van der Waals surface area contributed by atoms with Gasteiger partial charge in [0, 0.05) is 16.1 Å². The van der Waals surface area contributed by atoms with E-state index in [1.165, 1.54) is 18.4 Å². The number of pyridine rings is 1. The second-order valence-corrected chi connectivity index (χ2v) is 5.08. The summed E-state index contributed by atoms with van der Waals surface area (Å²) in [5, 5.41) is 1.77. The Kier molecular flexibility index (Phi) is 3.82. The fourth-order valence-electron chi connectivity index (χ4n) is 1.72. The molecule has 16 heavy (non-hydrogen) atoms. The minimum absolute atomic E-state index is 0.667. The van der Waals surface area contributed by atoms with Crippen molar-refractivity contribution in [2.45, 2.75) is 26.2 Å². The number of rotatable bonds is 3. The molecule has 2 aromatic rings. The highest BCUT2D eigenvalue weighted by Gasteiger charge is 2.05. The molecule has 0 spiro atoms. The van der Waals surface area contributed by atoms with E-state index in [0.29, 0.717) is 5.02 Å². The third-order valence-electron chi connectivity index (χ3n) is 2.64. The number of hydrogen-bond donors (Lipinski definition) is 0. The van der Waals surface area contributed by atoms with Gasteiger partial charge in [0.2, 0.25) is 0 Å². The van der Waals surface area contributed by atoms with Gasteiger partial charge in [-0.15, -0.1) is 0 Å². The summed E-state index contributed by atoms with van der Waals surface area (Å²) in [6.45, 7) is 2.20. The van der Waals surface area contributed by atoms with Crippen molar-refractivity contribution in [1.82, 2.24) is 4.98 Å². The Hall–Kier alpha value is -0.600.